The topological polar surface area (TPSA) is 41.1 Å². The van der Waals surface area contributed by atoms with Gasteiger partial charge in [-0.25, -0.2) is 0 Å². The Morgan fingerprint density at radius 2 is 2.18 bits per heavy atom. The number of carbonyl (C=O) groups is 1. The van der Waals surface area contributed by atoms with Gasteiger partial charge in [-0.05, 0) is 30.9 Å². The van der Waals surface area contributed by atoms with Crippen LogP contribution in [0.15, 0.2) is 28.7 Å². The first-order valence-corrected chi connectivity index (χ1v) is 6.81. The lowest BCUT2D eigenvalue weighted by molar-refractivity contribution is -0.122. The average molecular weight is 297 g/mol. The molecular weight excluding hydrogens is 280 g/mol. The molecule has 3 nitrogen and oxygen atoms in total. The highest BCUT2D eigenvalue weighted by Gasteiger charge is 2.19. The second kappa shape index (κ2) is 6.17. The molecule has 0 aromatic heterocycles. The monoisotopic (exact) mass is 296 g/mol. The lowest BCUT2D eigenvalue weighted by Gasteiger charge is -2.15. The van der Waals surface area contributed by atoms with Crippen molar-refractivity contribution in [1.82, 2.24) is 10.6 Å². The summed E-state index contributed by atoms with van der Waals surface area (Å²) < 4.78 is 1.08. The highest BCUT2D eigenvalue weighted by molar-refractivity contribution is 9.10. The van der Waals surface area contributed by atoms with Crippen molar-refractivity contribution in [3.8, 4) is 0 Å². The third-order valence-corrected chi connectivity index (χ3v) is 3.81. The summed E-state index contributed by atoms with van der Waals surface area (Å²) >= 11 is 3.51. The van der Waals surface area contributed by atoms with E-state index in [2.05, 4.69) is 32.6 Å². The summed E-state index contributed by atoms with van der Waals surface area (Å²) in [6, 6.07) is 8.03. The van der Waals surface area contributed by atoms with Gasteiger partial charge in [0.1, 0.15) is 0 Å². The van der Waals surface area contributed by atoms with Gasteiger partial charge in [-0.1, -0.05) is 34.1 Å². The lowest BCUT2D eigenvalue weighted by atomic mass is 10.1. The fraction of sp³-hybridized carbons (Fsp3) is 0.462. The maximum atomic E-state index is 11.7. The van der Waals surface area contributed by atoms with Gasteiger partial charge in [0.15, 0.2) is 0 Å². The van der Waals surface area contributed by atoms with Gasteiger partial charge >= 0.3 is 0 Å². The summed E-state index contributed by atoms with van der Waals surface area (Å²) in [5, 5.41) is 6.26. The molecule has 17 heavy (non-hydrogen) atoms. The van der Waals surface area contributed by atoms with E-state index in [4.69, 9.17) is 0 Å². The number of carbonyl (C=O) groups excluding carboxylic acids is 1. The molecule has 1 aliphatic heterocycles. The Hall–Kier alpha value is -0.870. The number of rotatable bonds is 3. The van der Waals surface area contributed by atoms with Gasteiger partial charge in [0.2, 0.25) is 5.91 Å². The van der Waals surface area contributed by atoms with Gasteiger partial charge in [-0.15, -0.1) is 0 Å². The fourth-order valence-electron chi connectivity index (χ4n) is 2.01. The van der Waals surface area contributed by atoms with Crippen molar-refractivity contribution in [2.75, 3.05) is 6.54 Å². The van der Waals surface area contributed by atoms with Crippen LogP contribution in [-0.2, 0) is 11.3 Å². The first-order chi connectivity index (χ1) is 8.27. The summed E-state index contributed by atoms with van der Waals surface area (Å²) in [6.07, 6.45) is 3.11. The minimum Gasteiger partial charge on any atom is -0.355 e. The summed E-state index contributed by atoms with van der Waals surface area (Å²) in [7, 11) is 0. The maximum absolute atomic E-state index is 11.7. The predicted octanol–water partition coefficient (Wildman–Crippen LogP) is 2.21. The SMILES string of the molecule is O=C1NCCCC[C@@H]1NCc1ccccc1Br. The summed E-state index contributed by atoms with van der Waals surface area (Å²) in [4.78, 5) is 11.7. The zero-order chi connectivity index (χ0) is 12.1. The van der Waals surface area contributed by atoms with E-state index in [0.29, 0.717) is 0 Å². The van der Waals surface area contributed by atoms with E-state index in [0.717, 1.165) is 36.8 Å². The number of amides is 1. The van der Waals surface area contributed by atoms with E-state index in [1.54, 1.807) is 0 Å². The third-order valence-electron chi connectivity index (χ3n) is 3.03. The lowest BCUT2D eigenvalue weighted by Crippen LogP contribution is -2.42. The van der Waals surface area contributed by atoms with Crippen LogP contribution in [0.25, 0.3) is 0 Å². The van der Waals surface area contributed by atoms with Crippen LogP contribution in [-0.4, -0.2) is 18.5 Å². The van der Waals surface area contributed by atoms with Gasteiger partial charge in [0.25, 0.3) is 0 Å². The predicted molar refractivity (Wildman–Crippen MR) is 71.6 cm³/mol. The van der Waals surface area contributed by atoms with Crippen molar-refractivity contribution in [3.05, 3.63) is 34.3 Å². The van der Waals surface area contributed by atoms with Crippen LogP contribution in [0, 0.1) is 0 Å². The molecule has 1 aromatic rings. The Bertz CT molecular complexity index is 395. The largest absolute Gasteiger partial charge is 0.355 e. The minimum atomic E-state index is -0.0513. The van der Waals surface area contributed by atoms with Crippen molar-refractivity contribution in [2.45, 2.75) is 31.8 Å². The van der Waals surface area contributed by atoms with E-state index >= 15 is 0 Å². The summed E-state index contributed by atoms with van der Waals surface area (Å²) in [6.45, 7) is 1.53. The molecule has 0 spiro atoms. The first kappa shape index (κ1) is 12.6. The van der Waals surface area contributed by atoms with Crippen LogP contribution in [0.5, 0.6) is 0 Å². The number of nitrogens with one attached hydrogen (secondary N) is 2. The van der Waals surface area contributed by atoms with Gasteiger partial charge in [-0.3, -0.25) is 4.79 Å². The van der Waals surface area contributed by atoms with Crippen molar-refractivity contribution in [3.63, 3.8) is 0 Å². The summed E-state index contributed by atoms with van der Waals surface area (Å²) in [5.74, 6) is 0.134. The normalized spacial score (nSPS) is 20.8. The van der Waals surface area contributed by atoms with Crippen LogP contribution in [0.3, 0.4) is 0 Å². The molecule has 1 amide bonds. The standard InChI is InChI=1S/C13H17BrN2O/c14-11-6-2-1-5-10(11)9-16-12-7-3-4-8-15-13(12)17/h1-2,5-6,12,16H,3-4,7-9H2,(H,15,17)/t12-/m0/s1. The molecule has 1 fully saturated rings. The number of hydrogen-bond acceptors (Lipinski definition) is 2. The Morgan fingerprint density at radius 3 is 3.00 bits per heavy atom. The van der Waals surface area contributed by atoms with E-state index in [9.17, 15) is 4.79 Å². The molecular formula is C13H17BrN2O. The smallest absolute Gasteiger partial charge is 0.237 e. The van der Waals surface area contributed by atoms with Crippen molar-refractivity contribution in [1.29, 1.82) is 0 Å². The van der Waals surface area contributed by atoms with Crippen molar-refractivity contribution < 1.29 is 4.79 Å². The molecule has 0 bridgehead atoms. The molecule has 1 heterocycles. The zero-order valence-electron chi connectivity index (χ0n) is 9.71. The van der Waals surface area contributed by atoms with E-state index in [1.807, 2.05) is 18.2 Å². The highest BCUT2D eigenvalue weighted by atomic mass is 79.9. The molecule has 1 saturated heterocycles. The second-order valence-electron chi connectivity index (χ2n) is 4.31. The molecule has 2 rings (SSSR count). The molecule has 0 aliphatic carbocycles. The highest BCUT2D eigenvalue weighted by Crippen LogP contribution is 2.16. The maximum Gasteiger partial charge on any atom is 0.237 e. The minimum absolute atomic E-state index is 0.0513. The van der Waals surface area contributed by atoms with Gasteiger partial charge < -0.3 is 10.6 Å². The number of hydrogen-bond donors (Lipinski definition) is 2. The summed E-state index contributed by atoms with van der Waals surface area (Å²) in [5.41, 5.74) is 1.18. The van der Waals surface area contributed by atoms with Crippen LogP contribution in [0.2, 0.25) is 0 Å². The average Bonchev–Trinajstić information content (AvgIpc) is 2.53. The molecule has 0 radical (unpaired) electrons. The second-order valence-corrected chi connectivity index (χ2v) is 5.17. The molecule has 0 saturated carbocycles. The zero-order valence-corrected chi connectivity index (χ0v) is 11.3. The quantitative estimate of drug-likeness (QED) is 0.898. The molecule has 1 atom stereocenters. The molecule has 1 aliphatic rings. The van der Waals surface area contributed by atoms with E-state index in [1.165, 1.54) is 5.56 Å². The molecule has 4 heteroatoms. The van der Waals surface area contributed by atoms with Crippen LogP contribution >= 0.6 is 15.9 Å². The fourth-order valence-corrected chi connectivity index (χ4v) is 2.43. The van der Waals surface area contributed by atoms with Crippen LogP contribution in [0.4, 0.5) is 0 Å². The Balaban J connectivity index is 1.93. The van der Waals surface area contributed by atoms with E-state index in [-0.39, 0.29) is 11.9 Å². The molecule has 2 N–H and O–H groups in total. The molecule has 1 aromatic carbocycles. The Morgan fingerprint density at radius 1 is 1.35 bits per heavy atom. The number of halogens is 1. The van der Waals surface area contributed by atoms with Gasteiger partial charge in [0, 0.05) is 17.6 Å². The van der Waals surface area contributed by atoms with E-state index < -0.39 is 0 Å². The van der Waals surface area contributed by atoms with Crippen LogP contribution < -0.4 is 10.6 Å². The first-order valence-electron chi connectivity index (χ1n) is 6.02. The molecule has 0 unspecified atom stereocenters. The van der Waals surface area contributed by atoms with Gasteiger partial charge in [-0.2, -0.15) is 0 Å². The Kier molecular flexibility index (Phi) is 4.57. The Labute approximate surface area is 110 Å². The van der Waals surface area contributed by atoms with Gasteiger partial charge in [0.05, 0.1) is 6.04 Å². The third kappa shape index (κ3) is 3.54. The molecule has 92 valence electrons. The number of benzene rings is 1. The van der Waals surface area contributed by atoms with Crippen LogP contribution in [0.1, 0.15) is 24.8 Å². The van der Waals surface area contributed by atoms with Crippen molar-refractivity contribution >= 4 is 21.8 Å². The van der Waals surface area contributed by atoms with Crippen molar-refractivity contribution in [2.24, 2.45) is 0 Å².